The van der Waals surface area contributed by atoms with Crippen molar-refractivity contribution < 1.29 is 9.90 Å². The first-order valence-electron chi connectivity index (χ1n) is 8.07. The van der Waals surface area contributed by atoms with Crippen LogP contribution in [0.3, 0.4) is 0 Å². The largest absolute Gasteiger partial charge is 0.383 e. The number of rotatable bonds is 6. The molecule has 6 heteroatoms. The number of nitrogens with zero attached hydrogens (tertiary/aromatic N) is 2. The Morgan fingerprint density at radius 1 is 1.33 bits per heavy atom. The Kier molecular flexibility index (Phi) is 5.62. The Bertz CT molecular complexity index is 707. The highest BCUT2D eigenvalue weighted by Crippen LogP contribution is 2.18. The number of hydrogen-bond acceptors (Lipinski definition) is 3. The van der Waals surface area contributed by atoms with Crippen LogP contribution in [0.2, 0.25) is 0 Å². The van der Waals surface area contributed by atoms with Gasteiger partial charge in [0.15, 0.2) is 0 Å². The van der Waals surface area contributed by atoms with Crippen molar-refractivity contribution in [1.82, 2.24) is 20.4 Å². The van der Waals surface area contributed by atoms with Crippen molar-refractivity contribution in [1.29, 1.82) is 0 Å². The number of benzene rings is 1. The van der Waals surface area contributed by atoms with Crippen LogP contribution in [-0.2, 0) is 19.1 Å². The number of carbonyl (C=O) groups excluding carboxylic acids is 1. The maximum absolute atomic E-state index is 11.9. The molecule has 0 saturated heterocycles. The summed E-state index contributed by atoms with van der Waals surface area (Å²) in [6.07, 6.45) is 4.11. The quantitative estimate of drug-likeness (QED) is 0.755. The van der Waals surface area contributed by atoms with Crippen molar-refractivity contribution >= 4 is 6.03 Å². The molecule has 0 saturated carbocycles. The summed E-state index contributed by atoms with van der Waals surface area (Å²) in [5.74, 6) is 0. The van der Waals surface area contributed by atoms with Crippen LogP contribution in [0.4, 0.5) is 4.79 Å². The second-order valence-corrected chi connectivity index (χ2v) is 6.47. The first kappa shape index (κ1) is 18.0. The average Bonchev–Trinajstić information content (AvgIpc) is 2.95. The van der Waals surface area contributed by atoms with Gasteiger partial charge in [-0.2, -0.15) is 5.10 Å². The predicted octanol–water partition coefficient (Wildman–Crippen LogP) is 1.79. The number of amides is 2. The molecule has 0 spiro atoms. The normalized spacial score (nSPS) is 13.4. The van der Waals surface area contributed by atoms with Crippen LogP contribution in [-0.4, -0.2) is 34.0 Å². The highest BCUT2D eigenvalue weighted by atomic mass is 16.3. The summed E-state index contributed by atoms with van der Waals surface area (Å²) in [4.78, 5) is 11.9. The molecule has 0 radical (unpaired) electrons. The molecular formula is C18H26N4O2. The third kappa shape index (κ3) is 4.83. The minimum Gasteiger partial charge on any atom is -0.383 e. The lowest BCUT2D eigenvalue weighted by atomic mass is 10.00. The van der Waals surface area contributed by atoms with Crippen LogP contribution in [0.5, 0.6) is 0 Å². The molecule has 0 aliphatic rings. The number of aryl methyl sites for hydroxylation is 3. The molecule has 3 N–H and O–H groups in total. The molecule has 1 aromatic heterocycles. The Balaban J connectivity index is 1.77. The second-order valence-electron chi connectivity index (χ2n) is 6.47. The van der Waals surface area contributed by atoms with Gasteiger partial charge in [-0.25, -0.2) is 4.79 Å². The summed E-state index contributed by atoms with van der Waals surface area (Å²) in [7, 11) is 1.78. The summed E-state index contributed by atoms with van der Waals surface area (Å²) in [6.45, 7) is 6.46. The first-order chi connectivity index (χ1) is 11.3. The fourth-order valence-electron chi connectivity index (χ4n) is 2.55. The Hall–Kier alpha value is -2.34. The van der Waals surface area contributed by atoms with E-state index in [0.29, 0.717) is 12.1 Å². The number of hydrogen-bond donors (Lipinski definition) is 3. The SMILES string of the molecule is Cc1ccc(CCNC(=O)NCC(C)(O)c2cnn(C)c2)c(C)c1. The lowest BCUT2D eigenvalue weighted by Gasteiger charge is -2.22. The smallest absolute Gasteiger partial charge is 0.314 e. The molecule has 1 unspecified atom stereocenters. The van der Waals surface area contributed by atoms with Gasteiger partial charge in [0.25, 0.3) is 0 Å². The highest BCUT2D eigenvalue weighted by Gasteiger charge is 2.25. The van der Waals surface area contributed by atoms with Crippen LogP contribution >= 0.6 is 0 Å². The van der Waals surface area contributed by atoms with Gasteiger partial charge in [0.1, 0.15) is 5.60 Å². The van der Waals surface area contributed by atoms with Gasteiger partial charge in [-0.3, -0.25) is 4.68 Å². The van der Waals surface area contributed by atoms with Crippen molar-refractivity contribution in [3.63, 3.8) is 0 Å². The number of nitrogens with one attached hydrogen (secondary N) is 2. The molecule has 130 valence electrons. The molecule has 2 aromatic rings. The molecule has 2 amide bonds. The van der Waals surface area contributed by atoms with Gasteiger partial charge < -0.3 is 15.7 Å². The highest BCUT2D eigenvalue weighted by molar-refractivity contribution is 5.73. The predicted molar refractivity (Wildman–Crippen MR) is 93.8 cm³/mol. The van der Waals surface area contributed by atoms with Crippen LogP contribution in [0.15, 0.2) is 30.6 Å². The van der Waals surface area contributed by atoms with Crippen LogP contribution in [0, 0.1) is 13.8 Å². The van der Waals surface area contributed by atoms with Crippen LogP contribution in [0.1, 0.15) is 29.2 Å². The minimum absolute atomic E-state index is 0.119. The fourth-order valence-corrected chi connectivity index (χ4v) is 2.55. The maximum atomic E-state index is 11.9. The zero-order valence-corrected chi connectivity index (χ0v) is 14.8. The molecule has 2 rings (SSSR count). The van der Waals surface area contributed by atoms with E-state index in [1.165, 1.54) is 16.7 Å². The molecule has 1 aromatic carbocycles. The van der Waals surface area contributed by atoms with Crippen molar-refractivity contribution in [3.8, 4) is 0 Å². The van der Waals surface area contributed by atoms with E-state index in [-0.39, 0.29) is 12.6 Å². The van der Waals surface area contributed by atoms with E-state index in [2.05, 4.69) is 47.8 Å². The van der Waals surface area contributed by atoms with Gasteiger partial charge in [-0.05, 0) is 38.3 Å². The standard InChI is InChI=1S/C18H26N4O2/c1-13-5-6-15(14(2)9-13)7-8-19-17(23)20-12-18(3,24)16-10-21-22(4)11-16/h5-6,9-11,24H,7-8,12H2,1-4H3,(H2,19,20,23). The number of aliphatic hydroxyl groups is 1. The summed E-state index contributed by atoms with van der Waals surface area (Å²) in [5.41, 5.74) is 3.21. The Labute approximate surface area is 142 Å². The zero-order valence-electron chi connectivity index (χ0n) is 14.8. The fraction of sp³-hybridized carbons (Fsp3) is 0.444. The average molecular weight is 330 g/mol. The molecule has 6 nitrogen and oxygen atoms in total. The van der Waals surface area contributed by atoms with Crippen LogP contribution < -0.4 is 10.6 Å². The van der Waals surface area contributed by atoms with Gasteiger partial charge >= 0.3 is 6.03 Å². The summed E-state index contributed by atoms with van der Waals surface area (Å²) in [6, 6.07) is 6.02. The van der Waals surface area contributed by atoms with E-state index in [1.54, 1.807) is 31.0 Å². The summed E-state index contributed by atoms with van der Waals surface area (Å²) in [5, 5.41) is 20.0. The van der Waals surface area contributed by atoms with Gasteiger partial charge in [-0.15, -0.1) is 0 Å². The minimum atomic E-state index is -1.15. The number of aromatic nitrogens is 2. The molecule has 1 heterocycles. The molecule has 0 bridgehead atoms. The van der Waals surface area contributed by atoms with Crippen LogP contribution in [0.25, 0.3) is 0 Å². The molecule has 24 heavy (non-hydrogen) atoms. The summed E-state index contributed by atoms with van der Waals surface area (Å²) < 4.78 is 1.62. The van der Waals surface area contributed by atoms with Crippen molar-refractivity contribution in [2.75, 3.05) is 13.1 Å². The Morgan fingerprint density at radius 2 is 2.08 bits per heavy atom. The van der Waals surface area contributed by atoms with E-state index in [4.69, 9.17) is 0 Å². The number of urea groups is 1. The lowest BCUT2D eigenvalue weighted by molar-refractivity contribution is 0.0593. The van der Waals surface area contributed by atoms with E-state index in [9.17, 15) is 9.90 Å². The topological polar surface area (TPSA) is 79.2 Å². The third-order valence-electron chi connectivity index (χ3n) is 4.10. The molecular weight excluding hydrogens is 304 g/mol. The van der Waals surface area contributed by atoms with Crippen molar-refractivity contribution in [3.05, 3.63) is 52.8 Å². The van der Waals surface area contributed by atoms with E-state index in [0.717, 1.165) is 6.42 Å². The molecule has 0 aliphatic carbocycles. The molecule has 1 atom stereocenters. The zero-order chi connectivity index (χ0) is 17.7. The molecule has 0 fully saturated rings. The van der Waals surface area contributed by atoms with Crippen molar-refractivity contribution in [2.45, 2.75) is 32.8 Å². The van der Waals surface area contributed by atoms with Gasteiger partial charge in [0.05, 0.1) is 12.7 Å². The second kappa shape index (κ2) is 7.49. The summed E-state index contributed by atoms with van der Waals surface area (Å²) >= 11 is 0. The maximum Gasteiger partial charge on any atom is 0.314 e. The molecule has 0 aliphatic heterocycles. The van der Waals surface area contributed by atoms with Crippen molar-refractivity contribution in [2.24, 2.45) is 7.05 Å². The first-order valence-corrected chi connectivity index (χ1v) is 8.07. The van der Waals surface area contributed by atoms with E-state index < -0.39 is 5.60 Å². The van der Waals surface area contributed by atoms with E-state index in [1.807, 2.05) is 0 Å². The Morgan fingerprint density at radius 3 is 2.71 bits per heavy atom. The lowest BCUT2D eigenvalue weighted by Crippen LogP contribution is -2.43. The third-order valence-corrected chi connectivity index (χ3v) is 4.10. The monoisotopic (exact) mass is 330 g/mol. The van der Waals surface area contributed by atoms with Gasteiger partial charge in [0.2, 0.25) is 0 Å². The number of carbonyl (C=O) groups is 1. The van der Waals surface area contributed by atoms with Gasteiger partial charge in [0, 0.05) is 25.4 Å². The van der Waals surface area contributed by atoms with E-state index >= 15 is 0 Å². The van der Waals surface area contributed by atoms with Gasteiger partial charge in [-0.1, -0.05) is 23.8 Å².